The molecule has 0 unspecified atom stereocenters. The first kappa shape index (κ1) is 47.0. The highest BCUT2D eigenvalue weighted by molar-refractivity contribution is 7.10. The van der Waals surface area contributed by atoms with Gasteiger partial charge < -0.3 is 40.0 Å². The van der Waals surface area contributed by atoms with Crippen molar-refractivity contribution in [2.24, 2.45) is 23.0 Å². The molecule has 6 heterocycles. The van der Waals surface area contributed by atoms with Crippen LogP contribution < -0.4 is 16.5 Å². The van der Waals surface area contributed by atoms with Crippen molar-refractivity contribution in [3.05, 3.63) is 58.2 Å². The second-order valence-electron chi connectivity index (χ2n) is 18.8. The molecule has 16 nitrogen and oxygen atoms in total. The van der Waals surface area contributed by atoms with Crippen LogP contribution in [0, 0.1) is 17.3 Å². The zero-order valence-electron chi connectivity index (χ0n) is 38.6. The van der Waals surface area contributed by atoms with Gasteiger partial charge in [-0.1, -0.05) is 47.1 Å². The number of methoxy groups -OCH3 is 1. The Bertz CT molecular complexity index is 2380. The molecule has 3 aromatic heterocycles. The summed E-state index contributed by atoms with van der Waals surface area (Å²) in [6.07, 6.45) is 3.13. The van der Waals surface area contributed by atoms with Crippen LogP contribution in [-0.4, -0.2) is 123 Å². The molecule has 3 aliphatic rings. The van der Waals surface area contributed by atoms with Gasteiger partial charge in [-0.25, -0.2) is 14.6 Å². The van der Waals surface area contributed by atoms with Crippen LogP contribution in [-0.2, 0) is 43.2 Å². The van der Waals surface area contributed by atoms with Gasteiger partial charge in [0.05, 0.1) is 34.8 Å². The van der Waals surface area contributed by atoms with Crippen molar-refractivity contribution in [2.75, 3.05) is 40.4 Å². The van der Waals surface area contributed by atoms with Gasteiger partial charge in [0.1, 0.15) is 12.1 Å². The second kappa shape index (κ2) is 18.9. The number of thiazole rings is 1. The molecular formula is C47H65N9O7S. The van der Waals surface area contributed by atoms with E-state index in [0.29, 0.717) is 36.8 Å². The van der Waals surface area contributed by atoms with Gasteiger partial charge in [-0.3, -0.25) is 19.6 Å². The summed E-state index contributed by atoms with van der Waals surface area (Å²) in [5, 5.41) is 19.6. The van der Waals surface area contributed by atoms with Crippen LogP contribution >= 0.6 is 11.3 Å². The number of carbonyl (C=O) groups excluding carboxylic acids is 4. The second-order valence-corrected chi connectivity index (χ2v) is 19.8. The normalized spacial score (nSPS) is 23.8. The molecule has 0 saturated carbocycles. The Morgan fingerprint density at radius 1 is 1.17 bits per heavy atom. The number of cyclic esters (lactones) is 1. The third-order valence-electron chi connectivity index (χ3n) is 13.2. The number of rotatable bonds is 9. The molecule has 4 amide bonds. The van der Waals surface area contributed by atoms with Crippen LogP contribution in [0.25, 0.3) is 33.4 Å². The lowest BCUT2D eigenvalue weighted by atomic mass is 9.84. The zero-order chi connectivity index (χ0) is 46.2. The number of aryl methyl sites for hydroxylation is 1. The number of nitrogens with two attached hydrogens (primary N) is 1. The number of pyridine rings is 1. The topological polar surface area (TPSA) is 197 Å². The number of hydrazine groups is 1. The lowest BCUT2D eigenvalue weighted by molar-refractivity contribution is -0.189. The van der Waals surface area contributed by atoms with E-state index in [1.165, 1.54) is 21.2 Å². The largest absolute Gasteiger partial charge is 0.462 e. The third kappa shape index (κ3) is 9.27. The number of nitrogens with zero attached hydrogens (tertiary/aromatic N) is 6. The monoisotopic (exact) mass is 899 g/mol. The van der Waals surface area contributed by atoms with Crippen molar-refractivity contribution in [3.8, 4) is 22.5 Å². The number of carbonyl (C=O) groups is 4. The fraction of sp³-hybridized carbons (Fsp3) is 0.574. The molecule has 0 radical (unpaired) electrons. The number of hydrogen-bond donors (Lipinski definition) is 4. The average Bonchev–Trinajstić information content (AvgIpc) is 3.98. The smallest absolute Gasteiger partial charge is 0.355 e. The lowest BCUT2D eigenvalue weighted by Crippen LogP contribution is -2.67. The molecule has 0 spiro atoms. The van der Waals surface area contributed by atoms with Gasteiger partial charge in [0.15, 0.2) is 0 Å². The van der Waals surface area contributed by atoms with E-state index >= 15 is 0 Å². The van der Waals surface area contributed by atoms with E-state index in [2.05, 4.69) is 40.4 Å². The molecule has 6 bridgehead atoms. The number of fused-ring (bicyclic) bond motifs is 6. The maximum Gasteiger partial charge on any atom is 0.355 e. The van der Waals surface area contributed by atoms with Crippen LogP contribution in [0.15, 0.2) is 41.9 Å². The highest BCUT2D eigenvalue weighted by Crippen LogP contribution is 2.42. The maximum atomic E-state index is 14.6. The molecule has 6 atom stereocenters. The Kier molecular flexibility index (Phi) is 13.9. The number of hydrogen-bond acceptors (Lipinski definition) is 12. The van der Waals surface area contributed by atoms with E-state index < -0.39 is 41.0 Å². The molecule has 1 aromatic carbocycles. The third-order valence-corrected chi connectivity index (χ3v) is 14.0. The summed E-state index contributed by atoms with van der Waals surface area (Å²) in [5.74, 6) is -2.14. The first-order valence-corrected chi connectivity index (χ1v) is 23.4. The van der Waals surface area contributed by atoms with Crippen LogP contribution in [0.4, 0.5) is 4.79 Å². The van der Waals surface area contributed by atoms with Crippen LogP contribution in [0.2, 0.25) is 0 Å². The van der Waals surface area contributed by atoms with Crippen LogP contribution in [0.5, 0.6) is 0 Å². The molecule has 2 fully saturated rings. The minimum absolute atomic E-state index is 0.00264. The number of urea groups is 1. The number of esters is 1. The minimum Gasteiger partial charge on any atom is -0.462 e. The average molecular weight is 900 g/mol. The Morgan fingerprint density at radius 3 is 2.62 bits per heavy atom. The van der Waals surface area contributed by atoms with Gasteiger partial charge in [0.2, 0.25) is 11.6 Å². The van der Waals surface area contributed by atoms with Crippen molar-refractivity contribution in [2.45, 2.75) is 117 Å². The minimum atomic E-state index is -2.21. The number of nitrogens with one attached hydrogen (secondary N) is 2. The van der Waals surface area contributed by atoms with E-state index in [-0.39, 0.29) is 62.4 Å². The zero-order valence-corrected chi connectivity index (χ0v) is 39.5. The van der Waals surface area contributed by atoms with Crippen molar-refractivity contribution in [1.29, 1.82) is 0 Å². The Labute approximate surface area is 379 Å². The molecule has 5 N–H and O–H groups in total. The first-order chi connectivity index (χ1) is 30.4. The number of aromatic nitrogens is 3. The maximum absolute atomic E-state index is 14.6. The summed E-state index contributed by atoms with van der Waals surface area (Å²) in [6, 6.07) is 7.73. The van der Waals surface area contributed by atoms with Crippen LogP contribution in [0.1, 0.15) is 90.1 Å². The van der Waals surface area contributed by atoms with E-state index in [1.54, 1.807) is 25.3 Å². The fourth-order valence-corrected chi connectivity index (χ4v) is 10.5. The van der Waals surface area contributed by atoms with Crippen molar-refractivity contribution in [3.63, 3.8) is 0 Å². The number of benzene rings is 1. The van der Waals surface area contributed by atoms with Crippen molar-refractivity contribution in [1.82, 2.24) is 40.1 Å². The van der Waals surface area contributed by atoms with Crippen molar-refractivity contribution < 1.29 is 33.8 Å². The summed E-state index contributed by atoms with van der Waals surface area (Å²) >= 11 is 1.37. The molecule has 64 heavy (non-hydrogen) atoms. The predicted octanol–water partition coefficient (Wildman–Crippen LogP) is 5.27. The van der Waals surface area contributed by atoms with Gasteiger partial charge in [0.25, 0.3) is 5.91 Å². The molecule has 4 aromatic rings. The predicted molar refractivity (Wildman–Crippen MR) is 246 cm³/mol. The summed E-state index contributed by atoms with van der Waals surface area (Å²) < 4.78 is 14.0. The summed E-state index contributed by atoms with van der Waals surface area (Å²) in [4.78, 5) is 69.8. The molecule has 346 valence electrons. The van der Waals surface area contributed by atoms with Gasteiger partial charge >= 0.3 is 12.0 Å². The van der Waals surface area contributed by atoms with Crippen molar-refractivity contribution >= 4 is 46.1 Å². The Balaban J connectivity index is 1.30. The highest BCUT2D eigenvalue weighted by atomic mass is 32.1. The molecule has 3 aliphatic heterocycles. The van der Waals surface area contributed by atoms with Gasteiger partial charge in [-0.15, -0.1) is 11.3 Å². The SMILES string of the molecule is CC[C@H]1CN(C(=O)N(C)[C@H](C(=O)N[C@H]2Cc3nc(cs3)-c3ccc4c(c3)c(c(-c3cccnc3[C@H](C)OC)n4CC)CC(C)(C)COC(=O)[C@@]3(O)CCCN(N3)C2=O)C(C)C)C[C@@H]1N. The molecule has 7 rings (SSSR count). The van der Waals surface area contributed by atoms with E-state index in [0.717, 1.165) is 45.4 Å². The van der Waals surface area contributed by atoms with E-state index in [9.17, 15) is 24.3 Å². The molecule has 0 aliphatic carbocycles. The lowest BCUT2D eigenvalue weighted by Gasteiger charge is -2.40. The standard InChI is InChI=1S/C47H65N9O7S/c1-10-29-23-54(24-34(29)48)45(60)53(8)40(27(3)4)42(57)51-35-21-38-50-36(25-64-38)30-15-16-37-32(20-30)33(41(55(37)11-2)31-14-12-18-49-39(31)28(5)62-9)22-46(6,7)26-63-44(59)47(61)17-13-19-56(52-47)43(35)58/h12,14-16,18,20,25,27-29,34-35,40,52,61H,10-11,13,17,19,21-24,26,48H2,1-9H3,(H,51,57)/t28-,29-,34-,35-,40-,47-/m0/s1. The van der Waals surface area contributed by atoms with Crippen LogP contribution in [0.3, 0.4) is 0 Å². The number of likely N-dealkylation sites (N-methyl/N-ethyl adjacent to an activating group) is 1. The quantitative estimate of drug-likeness (QED) is 0.160. The van der Waals surface area contributed by atoms with Gasteiger partial charge in [-0.05, 0) is 68.4 Å². The highest BCUT2D eigenvalue weighted by Gasteiger charge is 2.46. The number of aliphatic hydroxyl groups is 1. The molecular weight excluding hydrogens is 835 g/mol. The number of likely N-dealkylation sites (tertiary alicyclic amines) is 1. The number of ether oxygens (including phenoxy) is 2. The number of amides is 4. The van der Waals surface area contributed by atoms with E-state index in [4.69, 9.17) is 25.2 Å². The Hall–Kier alpha value is -4.94. The van der Waals surface area contributed by atoms with Gasteiger partial charge in [-0.2, -0.15) is 5.43 Å². The Morgan fingerprint density at radius 2 is 1.94 bits per heavy atom. The summed E-state index contributed by atoms with van der Waals surface area (Å²) in [5.41, 5.74) is 12.7. The molecule has 17 heteroatoms. The van der Waals surface area contributed by atoms with Gasteiger partial charge in [0, 0.05) is 98.2 Å². The van der Waals surface area contributed by atoms with E-state index in [1.807, 2.05) is 59.1 Å². The fourth-order valence-electron chi connectivity index (χ4n) is 9.61. The summed E-state index contributed by atoms with van der Waals surface area (Å²) in [6.45, 7) is 15.6. The summed E-state index contributed by atoms with van der Waals surface area (Å²) in [7, 11) is 3.27. The molecule has 2 saturated heterocycles. The first-order valence-electron chi connectivity index (χ1n) is 22.5.